The molecule has 0 radical (unpaired) electrons. The van der Waals surface area contributed by atoms with Crippen LogP contribution in [0.25, 0.3) is 17.0 Å². The van der Waals surface area contributed by atoms with Crippen LogP contribution in [0.1, 0.15) is 29.2 Å². The molecule has 1 aliphatic rings. The summed E-state index contributed by atoms with van der Waals surface area (Å²) in [5.41, 5.74) is 4.24. The lowest BCUT2D eigenvalue weighted by atomic mass is 10.1. The first kappa shape index (κ1) is 23.1. The number of aromatic nitrogens is 1. The first-order valence-corrected chi connectivity index (χ1v) is 12.1. The molecule has 2 amide bonds. The van der Waals surface area contributed by atoms with Crippen molar-refractivity contribution in [2.24, 2.45) is 0 Å². The number of hydrogen-bond donors (Lipinski definition) is 0. The minimum atomic E-state index is -0.452. The van der Waals surface area contributed by atoms with Gasteiger partial charge >= 0.3 is 0 Å². The highest BCUT2D eigenvalue weighted by molar-refractivity contribution is 8.18. The summed E-state index contributed by atoms with van der Waals surface area (Å²) in [5.74, 6) is -1.17. The van der Waals surface area contributed by atoms with Gasteiger partial charge in [0.1, 0.15) is 11.6 Å². The monoisotopic (exact) mass is 488 g/mol. The number of rotatable bonds is 6. The molecule has 1 fully saturated rings. The maximum absolute atomic E-state index is 14.1. The van der Waals surface area contributed by atoms with E-state index in [0.29, 0.717) is 17.0 Å². The van der Waals surface area contributed by atoms with E-state index in [1.807, 2.05) is 18.3 Å². The number of thioether (sulfide) groups is 1. The molecule has 0 bridgehead atoms. The number of imide groups is 1. The van der Waals surface area contributed by atoms with Crippen LogP contribution in [0.15, 0.2) is 77.8 Å². The zero-order valence-electron chi connectivity index (χ0n) is 19.0. The van der Waals surface area contributed by atoms with Gasteiger partial charge in [0.15, 0.2) is 0 Å². The zero-order chi connectivity index (χ0) is 24.5. The smallest absolute Gasteiger partial charge is 0.293 e. The van der Waals surface area contributed by atoms with Crippen LogP contribution in [0.5, 0.6) is 0 Å². The second-order valence-corrected chi connectivity index (χ2v) is 9.36. The van der Waals surface area contributed by atoms with Gasteiger partial charge in [-0.25, -0.2) is 8.78 Å². The summed E-state index contributed by atoms with van der Waals surface area (Å²) in [6.45, 7) is 2.51. The van der Waals surface area contributed by atoms with Gasteiger partial charge in [-0.15, -0.1) is 0 Å². The van der Waals surface area contributed by atoms with E-state index in [-0.39, 0.29) is 12.4 Å². The molecule has 4 nitrogen and oxygen atoms in total. The molecule has 5 rings (SSSR count). The fourth-order valence-corrected chi connectivity index (χ4v) is 5.18. The molecule has 4 aromatic rings. The standard InChI is InChI=1S/C28H22F2N2O2S/c1-2-19-7-5-8-23-21(16-31(26(19)23)15-18-10-12-22(29)13-11-18)14-25-27(33)32(28(34)35-25)17-20-6-3-4-9-24(20)30/h3-14,16H,2,15,17H2,1H3/b25-14-. The van der Waals surface area contributed by atoms with Gasteiger partial charge in [0.05, 0.1) is 17.0 Å². The first-order chi connectivity index (χ1) is 16.9. The summed E-state index contributed by atoms with van der Waals surface area (Å²) in [4.78, 5) is 27.1. The van der Waals surface area contributed by atoms with Crippen molar-refractivity contribution < 1.29 is 18.4 Å². The summed E-state index contributed by atoms with van der Waals surface area (Å²) in [6.07, 6.45) is 4.51. The molecule has 0 saturated carbocycles. The molecule has 0 unspecified atom stereocenters. The molecule has 176 valence electrons. The molecule has 1 aromatic heterocycles. The molecule has 0 N–H and O–H groups in total. The minimum absolute atomic E-state index is 0.110. The molecular formula is C28H22F2N2O2S. The molecule has 1 aliphatic heterocycles. The van der Waals surface area contributed by atoms with Crippen molar-refractivity contribution >= 4 is 39.9 Å². The van der Waals surface area contributed by atoms with Crippen molar-refractivity contribution in [2.75, 3.05) is 0 Å². The number of nitrogens with zero attached hydrogens (tertiary/aromatic N) is 2. The minimum Gasteiger partial charge on any atom is -0.342 e. The highest BCUT2D eigenvalue weighted by Crippen LogP contribution is 2.36. The Hall–Kier alpha value is -3.71. The maximum Gasteiger partial charge on any atom is 0.293 e. The molecule has 0 atom stereocenters. The molecular weight excluding hydrogens is 466 g/mol. The fraction of sp³-hybridized carbons (Fsp3) is 0.143. The van der Waals surface area contributed by atoms with Gasteiger partial charge in [0, 0.05) is 29.3 Å². The van der Waals surface area contributed by atoms with Gasteiger partial charge in [-0.1, -0.05) is 55.5 Å². The summed E-state index contributed by atoms with van der Waals surface area (Å²) < 4.78 is 29.6. The van der Waals surface area contributed by atoms with Crippen LogP contribution in [0.2, 0.25) is 0 Å². The number of para-hydroxylation sites is 1. The Morgan fingerprint density at radius 3 is 2.37 bits per heavy atom. The Morgan fingerprint density at radius 1 is 0.886 bits per heavy atom. The lowest BCUT2D eigenvalue weighted by Crippen LogP contribution is -2.27. The highest BCUT2D eigenvalue weighted by Gasteiger charge is 2.35. The lowest BCUT2D eigenvalue weighted by molar-refractivity contribution is -0.123. The maximum atomic E-state index is 14.1. The van der Waals surface area contributed by atoms with Gasteiger partial charge in [0.2, 0.25) is 0 Å². The molecule has 7 heteroatoms. The van der Waals surface area contributed by atoms with Crippen LogP contribution in [0.4, 0.5) is 13.6 Å². The van der Waals surface area contributed by atoms with E-state index >= 15 is 0 Å². The number of fused-ring (bicyclic) bond motifs is 1. The van der Waals surface area contributed by atoms with Crippen LogP contribution >= 0.6 is 11.8 Å². The van der Waals surface area contributed by atoms with Gasteiger partial charge in [-0.3, -0.25) is 14.5 Å². The quantitative estimate of drug-likeness (QED) is 0.282. The molecule has 35 heavy (non-hydrogen) atoms. The Labute approximate surface area is 205 Å². The van der Waals surface area contributed by atoms with Crippen molar-refractivity contribution in [1.29, 1.82) is 0 Å². The molecule has 1 saturated heterocycles. The largest absolute Gasteiger partial charge is 0.342 e. The number of benzene rings is 3. The van der Waals surface area contributed by atoms with Crippen LogP contribution in [0, 0.1) is 11.6 Å². The van der Waals surface area contributed by atoms with E-state index < -0.39 is 17.0 Å². The van der Waals surface area contributed by atoms with Crippen molar-refractivity contribution in [1.82, 2.24) is 9.47 Å². The molecule has 2 heterocycles. The number of carbonyl (C=O) groups excluding carboxylic acids is 2. The zero-order valence-corrected chi connectivity index (χ0v) is 19.8. The number of aryl methyl sites for hydroxylation is 1. The van der Waals surface area contributed by atoms with Crippen LogP contribution < -0.4 is 0 Å². The highest BCUT2D eigenvalue weighted by atomic mass is 32.2. The molecule has 3 aromatic carbocycles. The third-order valence-electron chi connectivity index (χ3n) is 6.11. The Bertz CT molecular complexity index is 1470. The van der Waals surface area contributed by atoms with Gasteiger partial charge in [-0.2, -0.15) is 0 Å². The predicted octanol–water partition coefficient (Wildman–Crippen LogP) is 6.77. The van der Waals surface area contributed by atoms with Crippen molar-refractivity contribution in [2.45, 2.75) is 26.4 Å². The van der Waals surface area contributed by atoms with Crippen molar-refractivity contribution in [3.63, 3.8) is 0 Å². The average Bonchev–Trinajstić information content (AvgIpc) is 3.33. The van der Waals surface area contributed by atoms with E-state index in [1.165, 1.54) is 18.2 Å². The Kier molecular flexibility index (Phi) is 6.26. The SMILES string of the molecule is CCc1cccc2c(/C=C3\SC(=O)N(Cc4ccccc4F)C3=O)cn(Cc3ccc(F)cc3)c12. The fourth-order valence-electron chi connectivity index (χ4n) is 4.35. The number of amides is 2. The van der Waals surface area contributed by atoms with Gasteiger partial charge in [0.25, 0.3) is 11.1 Å². The van der Waals surface area contributed by atoms with Crippen LogP contribution in [-0.4, -0.2) is 20.6 Å². The average molecular weight is 489 g/mol. The van der Waals surface area contributed by atoms with E-state index in [0.717, 1.165) is 50.7 Å². The third kappa shape index (κ3) is 4.51. The predicted molar refractivity (Wildman–Crippen MR) is 135 cm³/mol. The Balaban J connectivity index is 1.51. The second-order valence-electron chi connectivity index (χ2n) is 8.36. The number of carbonyl (C=O) groups is 2. The topological polar surface area (TPSA) is 42.3 Å². The normalized spacial score (nSPS) is 15.1. The van der Waals surface area contributed by atoms with Crippen molar-refractivity contribution in [3.05, 3.63) is 112 Å². The third-order valence-corrected chi connectivity index (χ3v) is 7.01. The summed E-state index contributed by atoms with van der Waals surface area (Å²) in [5, 5.41) is 0.543. The first-order valence-electron chi connectivity index (χ1n) is 11.3. The van der Waals surface area contributed by atoms with Gasteiger partial charge < -0.3 is 4.57 Å². The Morgan fingerprint density at radius 2 is 1.63 bits per heavy atom. The van der Waals surface area contributed by atoms with Crippen LogP contribution in [0.3, 0.4) is 0 Å². The number of hydrogen-bond acceptors (Lipinski definition) is 3. The lowest BCUT2D eigenvalue weighted by Gasteiger charge is -2.12. The summed E-state index contributed by atoms with van der Waals surface area (Å²) >= 11 is 0.860. The van der Waals surface area contributed by atoms with Crippen LogP contribution in [-0.2, 0) is 24.3 Å². The molecule has 0 spiro atoms. The van der Waals surface area contributed by atoms with Gasteiger partial charge in [-0.05, 0) is 53.6 Å². The van der Waals surface area contributed by atoms with E-state index in [1.54, 1.807) is 36.4 Å². The van der Waals surface area contributed by atoms with Crippen molar-refractivity contribution in [3.8, 4) is 0 Å². The summed E-state index contributed by atoms with van der Waals surface area (Å²) in [7, 11) is 0. The molecule has 0 aliphatic carbocycles. The van der Waals surface area contributed by atoms with E-state index in [2.05, 4.69) is 17.6 Å². The summed E-state index contributed by atoms with van der Waals surface area (Å²) in [6, 6.07) is 18.5. The number of halogens is 2. The van der Waals surface area contributed by atoms with E-state index in [9.17, 15) is 18.4 Å². The van der Waals surface area contributed by atoms with E-state index in [4.69, 9.17) is 0 Å². The second kappa shape index (κ2) is 9.50.